The molecule has 0 aliphatic heterocycles. The molecule has 0 fully saturated rings. The van der Waals surface area contributed by atoms with Gasteiger partial charge in [-0.2, -0.15) is 0 Å². The predicted octanol–water partition coefficient (Wildman–Crippen LogP) is 0.459. The third kappa shape index (κ3) is 1.88. The number of carboxylic acid groups (broad SMARTS) is 1. The van der Waals surface area contributed by atoms with Crippen molar-refractivity contribution in [3.05, 3.63) is 35.2 Å². The zero-order chi connectivity index (χ0) is 11.5. The Bertz CT molecular complexity index is 524. The van der Waals surface area contributed by atoms with Gasteiger partial charge in [0.15, 0.2) is 5.13 Å². The van der Waals surface area contributed by atoms with Crippen molar-refractivity contribution >= 4 is 22.4 Å². The number of thiazole rings is 1. The Hall–Kier alpha value is -1.92. The first-order chi connectivity index (χ1) is 7.72. The van der Waals surface area contributed by atoms with Crippen LogP contribution in [-0.2, 0) is 0 Å². The Kier molecular flexibility index (Phi) is 2.84. The largest absolute Gasteiger partial charge is 0.545 e. The Labute approximate surface area is 95.5 Å². The van der Waals surface area contributed by atoms with Crippen LogP contribution >= 0.6 is 11.3 Å². The van der Waals surface area contributed by atoms with E-state index in [4.69, 9.17) is 5.84 Å². The fraction of sp³-hybridized carbons (Fsp3) is 0. The van der Waals surface area contributed by atoms with Crippen molar-refractivity contribution in [3.8, 4) is 11.3 Å². The van der Waals surface area contributed by atoms with Crippen molar-refractivity contribution in [2.24, 2.45) is 5.84 Å². The van der Waals surface area contributed by atoms with Gasteiger partial charge in [0.2, 0.25) is 0 Å². The summed E-state index contributed by atoms with van der Waals surface area (Å²) in [4.78, 5) is 15.0. The predicted molar refractivity (Wildman–Crippen MR) is 59.7 cm³/mol. The number of nitrogens with two attached hydrogens (primary N) is 1. The SMILES string of the molecule is NNc1nc(-c2ccccc2C(=O)[O-])cs1. The van der Waals surface area contributed by atoms with Crippen LogP contribution in [0.2, 0.25) is 0 Å². The summed E-state index contributed by atoms with van der Waals surface area (Å²) in [5.41, 5.74) is 3.63. The number of nitrogens with zero attached hydrogens (tertiary/aromatic N) is 1. The van der Waals surface area contributed by atoms with Crippen molar-refractivity contribution in [1.82, 2.24) is 4.98 Å². The highest BCUT2D eigenvalue weighted by molar-refractivity contribution is 7.14. The first-order valence-corrected chi connectivity index (χ1v) is 5.33. The molecule has 16 heavy (non-hydrogen) atoms. The number of aromatic nitrogens is 1. The number of rotatable bonds is 3. The normalized spacial score (nSPS) is 10.1. The van der Waals surface area contributed by atoms with E-state index in [0.717, 1.165) is 0 Å². The van der Waals surface area contributed by atoms with Gasteiger partial charge in [0.25, 0.3) is 0 Å². The van der Waals surface area contributed by atoms with Crippen LogP contribution < -0.4 is 16.4 Å². The second-order valence-electron chi connectivity index (χ2n) is 3.02. The third-order valence-corrected chi connectivity index (χ3v) is 2.82. The van der Waals surface area contributed by atoms with Crippen LogP contribution in [0.1, 0.15) is 10.4 Å². The van der Waals surface area contributed by atoms with E-state index in [1.54, 1.807) is 23.6 Å². The number of anilines is 1. The minimum atomic E-state index is -1.22. The number of hydrogen-bond acceptors (Lipinski definition) is 6. The zero-order valence-corrected chi connectivity index (χ0v) is 8.95. The highest BCUT2D eigenvalue weighted by atomic mass is 32.1. The zero-order valence-electron chi connectivity index (χ0n) is 8.14. The molecule has 0 radical (unpaired) electrons. The number of benzene rings is 1. The monoisotopic (exact) mass is 234 g/mol. The van der Waals surface area contributed by atoms with Crippen LogP contribution in [0, 0.1) is 0 Å². The molecule has 0 atom stereocenters. The van der Waals surface area contributed by atoms with Crippen LogP contribution in [0.5, 0.6) is 0 Å². The Morgan fingerprint density at radius 1 is 1.44 bits per heavy atom. The average Bonchev–Trinajstić information content (AvgIpc) is 2.77. The van der Waals surface area contributed by atoms with E-state index >= 15 is 0 Å². The second kappa shape index (κ2) is 4.30. The van der Waals surface area contributed by atoms with E-state index in [1.807, 2.05) is 0 Å². The van der Waals surface area contributed by atoms with Gasteiger partial charge in [0.05, 0.1) is 11.7 Å². The number of aromatic carboxylic acids is 1. The van der Waals surface area contributed by atoms with E-state index in [-0.39, 0.29) is 5.56 Å². The Balaban J connectivity index is 2.50. The maximum absolute atomic E-state index is 10.9. The van der Waals surface area contributed by atoms with E-state index in [0.29, 0.717) is 16.4 Å². The number of carbonyl (C=O) groups is 1. The van der Waals surface area contributed by atoms with E-state index < -0.39 is 5.97 Å². The third-order valence-electron chi connectivity index (χ3n) is 2.05. The summed E-state index contributed by atoms with van der Waals surface area (Å²) >= 11 is 1.30. The van der Waals surface area contributed by atoms with Gasteiger partial charge in [-0.3, -0.25) is 5.43 Å². The first kappa shape index (κ1) is 10.6. The maximum atomic E-state index is 10.9. The van der Waals surface area contributed by atoms with E-state index in [1.165, 1.54) is 17.4 Å². The van der Waals surface area contributed by atoms with Gasteiger partial charge in [-0.1, -0.05) is 24.3 Å². The molecule has 0 amide bonds. The van der Waals surface area contributed by atoms with Gasteiger partial charge < -0.3 is 9.90 Å². The molecule has 82 valence electrons. The first-order valence-electron chi connectivity index (χ1n) is 4.45. The molecule has 0 saturated heterocycles. The fourth-order valence-electron chi connectivity index (χ4n) is 1.35. The van der Waals surface area contributed by atoms with Crippen molar-refractivity contribution < 1.29 is 9.90 Å². The molecule has 1 aromatic carbocycles. The maximum Gasteiger partial charge on any atom is 0.197 e. The lowest BCUT2D eigenvalue weighted by atomic mass is 10.1. The number of carbonyl (C=O) groups excluding carboxylic acids is 1. The molecular formula is C10H8N3O2S-. The summed E-state index contributed by atoms with van der Waals surface area (Å²) in [6.45, 7) is 0. The molecule has 0 saturated carbocycles. The Morgan fingerprint density at radius 2 is 2.19 bits per heavy atom. The van der Waals surface area contributed by atoms with Gasteiger partial charge >= 0.3 is 0 Å². The average molecular weight is 234 g/mol. The summed E-state index contributed by atoms with van der Waals surface area (Å²) in [5, 5.41) is 13.2. The van der Waals surface area contributed by atoms with Crippen molar-refractivity contribution in [1.29, 1.82) is 0 Å². The summed E-state index contributed by atoms with van der Waals surface area (Å²) in [5.74, 6) is 3.99. The topological polar surface area (TPSA) is 91.1 Å². The van der Waals surface area contributed by atoms with E-state index in [9.17, 15) is 9.90 Å². The molecule has 0 spiro atoms. The van der Waals surface area contributed by atoms with Crippen LogP contribution in [0.15, 0.2) is 29.6 Å². The lowest BCUT2D eigenvalue weighted by molar-refractivity contribution is -0.254. The van der Waals surface area contributed by atoms with Crippen molar-refractivity contribution in [2.75, 3.05) is 5.43 Å². The second-order valence-corrected chi connectivity index (χ2v) is 3.87. The highest BCUT2D eigenvalue weighted by Gasteiger charge is 2.08. The minimum absolute atomic E-state index is 0.122. The minimum Gasteiger partial charge on any atom is -0.545 e. The van der Waals surface area contributed by atoms with E-state index in [2.05, 4.69) is 10.4 Å². The number of carboxylic acids is 1. The van der Waals surface area contributed by atoms with Crippen LogP contribution in [0.25, 0.3) is 11.3 Å². The van der Waals surface area contributed by atoms with Gasteiger partial charge in [-0.25, -0.2) is 10.8 Å². The summed E-state index contributed by atoms with van der Waals surface area (Å²) < 4.78 is 0. The summed E-state index contributed by atoms with van der Waals surface area (Å²) in [6, 6.07) is 6.56. The van der Waals surface area contributed by atoms with Crippen LogP contribution in [0.3, 0.4) is 0 Å². The van der Waals surface area contributed by atoms with Gasteiger partial charge in [0, 0.05) is 16.5 Å². The quantitative estimate of drug-likeness (QED) is 0.594. The molecule has 0 bridgehead atoms. The van der Waals surface area contributed by atoms with Crippen molar-refractivity contribution in [3.63, 3.8) is 0 Å². The highest BCUT2D eigenvalue weighted by Crippen LogP contribution is 2.26. The van der Waals surface area contributed by atoms with Gasteiger partial charge in [-0.15, -0.1) is 11.3 Å². The molecule has 5 nitrogen and oxygen atoms in total. The molecule has 0 aliphatic carbocycles. The lowest BCUT2D eigenvalue weighted by Crippen LogP contribution is -2.23. The van der Waals surface area contributed by atoms with Crippen LogP contribution in [0.4, 0.5) is 5.13 Å². The lowest BCUT2D eigenvalue weighted by Gasteiger charge is -2.07. The number of nitrogens with one attached hydrogen (secondary N) is 1. The molecule has 1 aromatic heterocycles. The molecule has 6 heteroatoms. The molecule has 3 N–H and O–H groups in total. The Morgan fingerprint density at radius 3 is 2.81 bits per heavy atom. The molecule has 2 aromatic rings. The number of nitrogen functional groups attached to an aromatic ring is 1. The molecule has 0 aliphatic rings. The van der Waals surface area contributed by atoms with Gasteiger partial charge in [-0.05, 0) is 0 Å². The van der Waals surface area contributed by atoms with Gasteiger partial charge in [0.1, 0.15) is 0 Å². The number of hydrogen-bond donors (Lipinski definition) is 2. The molecule has 2 rings (SSSR count). The molecule has 0 unspecified atom stereocenters. The standard InChI is InChI=1S/C10H9N3O2S/c11-13-10-12-8(5-16-10)6-3-1-2-4-7(6)9(14)15/h1-5H,11H2,(H,12,13)(H,14,15)/p-1. The fourth-order valence-corrected chi connectivity index (χ4v) is 1.97. The number of hydrazine groups is 1. The van der Waals surface area contributed by atoms with Crippen LogP contribution in [-0.4, -0.2) is 11.0 Å². The summed E-state index contributed by atoms with van der Waals surface area (Å²) in [6.07, 6.45) is 0. The summed E-state index contributed by atoms with van der Waals surface area (Å²) in [7, 11) is 0. The van der Waals surface area contributed by atoms with Crippen molar-refractivity contribution in [2.45, 2.75) is 0 Å². The molecular weight excluding hydrogens is 226 g/mol. The molecule has 1 heterocycles. The smallest absolute Gasteiger partial charge is 0.197 e.